The van der Waals surface area contributed by atoms with E-state index in [1.165, 1.54) is 5.56 Å². The molecule has 3 nitrogen and oxygen atoms in total. The van der Waals surface area contributed by atoms with E-state index in [4.69, 9.17) is 15.2 Å². The van der Waals surface area contributed by atoms with Gasteiger partial charge in [-0.2, -0.15) is 0 Å². The van der Waals surface area contributed by atoms with Crippen molar-refractivity contribution in [2.45, 2.75) is 32.1 Å². The molecule has 0 aromatic heterocycles. The van der Waals surface area contributed by atoms with Crippen LogP contribution in [0.15, 0.2) is 109 Å². The number of hydrogen-bond donors (Lipinski definition) is 1. The monoisotopic (exact) mass is 459 g/mol. The molecule has 0 aliphatic heterocycles. The molecule has 4 aromatic carbocycles. The molecule has 0 bridgehead atoms. The Hall–Kier alpha value is -3.27. The summed E-state index contributed by atoms with van der Waals surface area (Å²) < 4.78 is 11.8. The van der Waals surface area contributed by atoms with Gasteiger partial charge in [-0.05, 0) is 59.9 Å². The zero-order valence-electron chi connectivity index (χ0n) is 18.8. The summed E-state index contributed by atoms with van der Waals surface area (Å²) in [6.07, 6.45) is 0.732. The second-order valence-electron chi connectivity index (χ2n) is 8.31. The topological polar surface area (TPSA) is 44.5 Å². The van der Waals surface area contributed by atoms with E-state index < -0.39 is 5.54 Å². The van der Waals surface area contributed by atoms with Crippen molar-refractivity contribution in [1.82, 2.24) is 0 Å². The predicted octanol–water partition coefficient (Wildman–Crippen LogP) is 6.68. The van der Waals surface area contributed by atoms with Crippen LogP contribution in [0.2, 0.25) is 0 Å². The fourth-order valence-corrected chi connectivity index (χ4v) is 3.64. The molecule has 1 atom stereocenters. The fraction of sp³-hybridized carbons (Fsp3) is 0.172. The van der Waals surface area contributed by atoms with Crippen molar-refractivity contribution in [3.8, 4) is 11.5 Å². The minimum atomic E-state index is -0.482. The molecule has 0 aliphatic rings. The van der Waals surface area contributed by atoms with Gasteiger partial charge in [0.1, 0.15) is 24.7 Å². The van der Waals surface area contributed by atoms with Crippen LogP contribution in [-0.2, 0) is 25.2 Å². The maximum atomic E-state index is 6.69. The van der Waals surface area contributed by atoms with Gasteiger partial charge in [0, 0.05) is 5.54 Å². The highest BCUT2D eigenvalue weighted by atomic mass is 35.5. The summed E-state index contributed by atoms with van der Waals surface area (Å²) in [5.74, 6) is 1.70. The maximum Gasteiger partial charge on any atom is 0.119 e. The number of ether oxygens (including phenoxy) is 2. The Balaban J connectivity index is 0.00000306. The molecule has 4 heteroatoms. The smallest absolute Gasteiger partial charge is 0.119 e. The number of rotatable bonds is 9. The molecule has 0 fully saturated rings. The van der Waals surface area contributed by atoms with E-state index in [9.17, 15) is 0 Å². The van der Waals surface area contributed by atoms with Crippen molar-refractivity contribution in [3.05, 3.63) is 131 Å². The van der Waals surface area contributed by atoms with Crippen LogP contribution >= 0.6 is 12.4 Å². The second-order valence-corrected chi connectivity index (χ2v) is 8.31. The molecule has 0 saturated carbocycles. The first kappa shape index (κ1) is 24.4. The zero-order chi connectivity index (χ0) is 22.2. The van der Waals surface area contributed by atoms with Crippen LogP contribution in [0.5, 0.6) is 11.5 Å². The molecule has 4 rings (SSSR count). The molecule has 4 aromatic rings. The summed E-state index contributed by atoms with van der Waals surface area (Å²) >= 11 is 0. The maximum absolute atomic E-state index is 6.69. The Morgan fingerprint density at radius 3 is 1.45 bits per heavy atom. The lowest BCUT2D eigenvalue weighted by Gasteiger charge is -2.26. The number of nitrogens with two attached hydrogens (primary N) is 1. The minimum Gasteiger partial charge on any atom is -0.489 e. The molecule has 2 N–H and O–H groups in total. The van der Waals surface area contributed by atoms with Crippen LogP contribution in [0.4, 0.5) is 0 Å². The van der Waals surface area contributed by atoms with E-state index >= 15 is 0 Å². The first-order valence-electron chi connectivity index (χ1n) is 10.9. The zero-order valence-corrected chi connectivity index (χ0v) is 19.6. The predicted molar refractivity (Wildman–Crippen MR) is 137 cm³/mol. The van der Waals surface area contributed by atoms with Gasteiger partial charge in [0.05, 0.1) is 0 Å². The quantitative estimate of drug-likeness (QED) is 0.303. The molecule has 0 spiro atoms. The molecule has 1 unspecified atom stereocenters. The molecular weight excluding hydrogens is 430 g/mol. The van der Waals surface area contributed by atoms with E-state index in [0.717, 1.165) is 34.6 Å². The molecule has 0 heterocycles. The lowest BCUT2D eigenvalue weighted by molar-refractivity contribution is 0.305. The first-order valence-corrected chi connectivity index (χ1v) is 10.9. The van der Waals surface area contributed by atoms with Crippen LogP contribution in [-0.4, -0.2) is 0 Å². The van der Waals surface area contributed by atoms with Crippen molar-refractivity contribution in [3.63, 3.8) is 0 Å². The Kier molecular flexibility index (Phi) is 8.53. The van der Waals surface area contributed by atoms with E-state index in [0.29, 0.717) is 13.2 Å². The standard InChI is InChI=1S/C29H29NO2.ClH/c1-29(30,26-14-18-28(19-15-26)32-22-25-10-6-3-7-11-25)20-23-12-16-27(17-13-23)31-21-24-8-4-2-5-9-24;/h2-19H,20-22,30H2,1H3;1H. The van der Waals surface area contributed by atoms with Crippen LogP contribution in [0.25, 0.3) is 0 Å². The van der Waals surface area contributed by atoms with Crippen molar-refractivity contribution in [2.24, 2.45) is 5.73 Å². The number of halogens is 1. The van der Waals surface area contributed by atoms with Crippen LogP contribution in [0, 0.1) is 0 Å². The average molecular weight is 460 g/mol. The molecule has 0 radical (unpaired) electrons. The van der Waals surface area contributed by atoms with Crippen LogP contribution in [0.3, 0.4) is 0 Å². The highest BCUT2D eigenvalue weighted by molar-refractivity contribution is 5.85. The summed E-state index contributed by atoms with van der Waals surface area (Å²) in [4.78, 5) is 0. The highest BCUT2D eigenvalue weighted by Crippen LogP contribution is 2.26. The van der Waals surface area contributed by atoms with Gasteiger partial charge in [-0.25, -0.2) is 0 Å². The molecule has 33 heavy (non-hydrogen) atoms. The Labute approximate surface area is 202 Å². The third-order valence-corrected chi connectivity index (χ3v) is 5.51. The van der Waals surface area contributed by atoms with E-state index in [1.54, 1.807) is 0 Å². The first-order chi connectivity index (χ1) is 15.6. The Morgan fingerprint density at radius 2 is 1.00 bits per heavy atom. The van der Waals surface area contributed by atoms with Crippen molar-refractivity contribution in [2.75, 3.05) is 0 Å². The fourth-order valence-electron chi connectivity index (χ4n) is 3.64. The summed E-state index contributed by atoms with van der Waals surface area (Å²) in [5.41, 5.74) is 10.8. The number of benzene rings is 4. The van der Waals surface area contributed by atoms with Gasteiger partial charge in [-0.1, -0.05) is 84.9 Å². The summed E-state index contributed by atoms with van der Waals surface area (Å²) in [6.45, 7) is 3.18. The lowest BCUT2D eigenvalue weighted by atomic mass is 9.86. The minimum absolute atomic E-state index is 0. The van der Waals surface area contributed by atoms with E-state index in [-0.39, 0.29) is 12.4 Å². The molecular formula is C29H30ClNO2. The third kappa shape index (κ3) is 7.11. The summed E-state index contributed by atoms with van der Waals surface area (Å²) in [5, 5.41) is 0. The van der Waals surface area contributed by atoms with Crippen molar-refractivity contribution >= 4 is 12.4 Å². The van der Waals surface area contributed by atoms with Gasteiger partial charge in [-0.15, -0.1) is 12.4 Å². The third-order valence-electron chi connectivity index (χ3n) is 5.51. The SMILES string of the molecule is CC(N)(Cc1ccc(OCc2ccccc2)cc1)c1ccc(OCc2ccccc2)cc1.Cl. The van der Waals surface area contributed by atoms with E-state index in [1.807, 2.05) is 60.7 Å². The van der Waals surface area contributed by atoms with Gasteiger partial charge >= 0.3 is 0 Å². The highest BCUT2D eigenvalue weighted by Gasteiger charge is 2.21. The molecule has 0 saturated heterocycles. The van der Waals surface area contributed by atoms with Crippen LogP contribution in [0.1, 0.15) is 29.2 Å². The van der Waals surface area contributed by atoms with Gasteiger partial charge in [0.2, 0.25) is 0 Å². The Morgan fingerprint density at radius 1 is 0.576 bits per heavy atom. The van der Waals surface area contributed by atoms with Gasteiger partial charge < -0.3 is 15.2 Å². The number of hydrogen-bond acceptors (Lipinski definition) is 3. The van der Waals surface area contributed by atoms with Gasteiger partial charge in [0.15, 0.2) is 0 Å². The Bertz CT molecular complexity index is 1100. The van der Waals surface area contributed by atoms with Gasteiger partial charge in [0.25, 0.3) is 0 Å². The summed E-state index contributed by atoms with van der Waals surface area (Å²) in [7, 11) is 0. The van der Waals surface area contributed by atoms with Crippen LogP contribution < -0.4 is 15.2 Å². The second kappa shape index (κ2) is 11.6. The van der Waals surface area contributed by atoms with E-state index in [2.05, 4.69) is 55.5 Å². The molecule has 170 valence electrons. The average Bonchev–Trinajstić information content (AvgIpc) is 2.84. The molecule has 0 amide bonds. The largest absolute Gasteiger partial charge is 0.489 e. The van der Waals surface area contributed by atoms with Crippen molar-refractivity contribution in [1.29, 1.82) is 0 Å². The lowest BCUT2D eigenvalue weighted by Crippen LogP contribution is -2.35. The van der Waals surface area contributed by atoms with Gasteiger partial charge in [-0.3, -0.25) is 0 Å². The summed E-state index contributed by atoms with van der Waals surface area (Å²) in [6, 6.07) is 36.6. The molecule has 0 aliphatic carbocycles. The van der Waals surface area contributed by atoms with Crippen molar-refractivity contribution < 1.29 is 9.47 Å². The normalized spacial score (nSPS) is 12.3.